The van der Waals surface area contributed by atoms with Crippen LogP contribution < -0.4 is 4.90 Å². The van der Waals surface area contributed by atoms with E-state index in [-0.39, 0.29) is 0 Å². The Kier molecular flexibility index (Phi) is 3.89. The van der Waals surface area contributed by atoms with Crippen LogP contribution >= 0.6 is 0 Å². The van der Waals surface area contributed by atoms with Crippen molar-refractivity contribution in [1.29, 1.82) is 0 Å². The van der Waals surface area contributed by atoms with Crippen LogP contribution in [0.3, 0.4) is 0 Å². The van der Waals surface area contributed by atoms with E-state index in [0.717, 1.165) is 0 Å². The van der Waals surface area contributed by atoms with Gasteiger partial charge in [0.25, 0.3) is 0 Å². The summed E-state index contributed by atoms with van der Waals surface area (Å²) in [6, 6.07) is 24.1. The highest BCUT2D eigenvalue weighted by molar-refractivity contribution is 5.89. The lowest BCUT2D eigenvalue weighted by Crippen LogP contribution is -2.14. The fourth-order valence-corrected chi connectivity index (χ4v) is 4.69. The molecule has 1 atom stereocenters. The molecule has 0 spiro atoms. The minimum absolute atomic E-state index is 0.512. The van der Waals surface area contributed by atoms with Crippen LogP contribution in [0.4, 0.5) is 17.1 Å². The van der Waals surface area contributed by atoms with Gasteiger partial charge in [-0.15, -0.1) is 0 Å². The average molecular weight is 351 g/mol. The molecular formula is C26H25N. The van der Waals surface area contributed by atoms with Gasteiger partial charge in [0.15, 0.2) is 0 Å². The Labute approximate surface area is 162 Å². The molecule has 3 aromatic rings. The first-order valence-corrected chi connectivity index (χ1v) is 10.0. The Morgan fingerprint density at radius 1 is 0.852 bits per heavy atom. The van der Waals surface area contributed by atoms with E-state index in [1.165, 1.54) is 53.0 Å². The smallest absolute Gasteiger partial charge is 0.0571 e. The van der Waals surface area contributed by atoms with E-state index in [9.17, 15) is 0 Å². The Morgan fingerprint density at radius 3 is 2.11 bits per heavy atom. The third-order valence-corrected chi connectivity index (χ3v) is 6.22. The molecule has 0 saturated heterocycles. The molecule has 1 unspecified atom stereocenters. The van der Waals surface area contributed by atoms with E-state index >= 15 is 0 Å². The molecule has 0 aromatic heterocycles. The van der Waals surface area contributed by atoms with Crippen molar-refractivity contribution in [1.82, 2.24) is 0 Å². The summed E-state index contributed by atoms with van der Waals surface area (Å²) >= 11 is 0. The molecule has 0 aliphatic heterocycles. The molecule has 0 saturated carbocycles. The van der Waals surface area contributed by atoms with E-state index in [1.54, 1.807) is 11.1 Å². The first-order valence-electron chi connectivity index (χ1n) is 10.0. The Hall–Kier alpha value is -2.80. The van der Waals surface area contributed by atoms with E-state index in [2.05, 4.69) is 91.6 Å². The molecule has 0 amide bonds. The zero-order valence-corrected chi connectivity index (χ0v) is 16.1. The van der Waals surface area contributed by atoms with Crippen molar-refractivity contribution < 1.29 is 0 Å². The van der Waals surface area contributed by atoms with E-state index in [1.807, 2.05) is 0 Å². The maximum absolute atomic E-state index is 2.49. The van der Waals surface area contributed by atoms with Gasteiger partial charge in [-0.3, -0.25) is 0 Å². The van der Waals surface area contributed by atoms with Crippen molar-refractivity contribution >= 4 is 23.1 Å². The third-order valence-electron chi connectivity index (χ3n) is 6.22. The first kappa shape index (κ1) is 16.4. The summed E-state index contributed by atoms with van der Waals surface area (Å²) in [6.07, 6.45) is 6.07. The maximum Gasteiger partial charge on any atom is 0.0571 e. The summed E-state index contributed by atoms with van der Waals surface area (Å²) in [4.78, 5) is 2.48. The van der Waals surface area contributed by atoms with E-state index in [4.69, 9.17) is 0 Å². The lowest BCUT2D eigenvalue weighted by molar-refractivity contribution is 0.904. The summed E-state index contributed by atoms with van der Waals surface area (Å²) in [7, 11) is 0. The van der Waals surface area contributed by atoms with Gasteiger partial charge >= 0.3 is 0 Å². The summed E-state index contributed by atoms with van der Waals surface area (Å²) in [5.41, 5.74) is 11.4. The van der Waals surface area contributed by atoms with Crippen LogP contribution in [0.2, 0.25) is 0 Å². The van der Waals surface area contributed by atoms with Gasteiger partial charge in [0.05, 0.1) is 5.69 Å². The maximum atomic E-state index is 2.49. The number of hydrogen-bond donors (Lipinski definition) is 0. The standard InChI is InChI=1S/C26H25N/c1-18-16-25-24(19(18)2)17-20-10-9-15-23(20)26(25)27(21-11-5-3-6-12-21)22-13-7-4-8-14-22/h3-8,11-14,16-17,19H,9-10,15H2,1-2H3. The summed E-state index contributed by atoms with van der Waals surface area (Å²) in [6.45, 7) is 4.62. The molecule has 1 nitrogen and oxygen atoms in total. The second kappa shape index (κ2) is 6.42. The fraction of sp³-hybridized carbons (Fsp3) is 0.231. The minimum atomic E-state index is 0.512. The normalized spacial score (nSPS) is 17.4. The SMILES string of the molecule is CC1=Cc2c(cc3c(c2N(c2ccccc2)c2ccccc2)CCC3)C1C. The molecule has 3 aromatic carbocycles. The zero-order chi connectivity index (χ0) is 18.4. The van der Waals surface area contributed by atoms with E-state index in [0.29, 0.717) is 5.92 Å². The molecule has 0 radical (unpaired) electrons. The van der Waals surface area contributed by atoms with Crippen molar-refractivity contribution in [2.75, 3.05) is 4.90 Å². The van der Waals surface area contributed by atoms with Gasteiger partial charge in [0.1, 0.15) is 0 Å². The lowest BCUT2D eigenvalue weighted by Gasteiger charge is -2.30. The molecule has 134 valence electrons. The number of rotatable bonds is 3. The Bertz CT molecular complexity index is 976. The van der Waals surface area contributed by atoms with Crippen LogP contribution in [0.1, 0.15) is 48.4 Å². The molecule has 1 heteroatoms. The Balaban J connectivity index is 1.82. The van der Waals surface area contributed by atoms with Crippen molar-refractivity contribution in [2.45, 2.75) is 39.0 Å². The van der Waals surface area contributed by atoms with Crippen LogP contribution in [0.5, 0.6) is 0 Å². The number of nitrogens with zero attached hydrogens (tertiary/aromatic N) is 1. The third kappa shape index (κ3) is 2.61. The van der Waals surface area contributed by atoms with Crippen LogP contribution in [0, 0.1) is 0 Å². The molecule has 0 fully saturated rings. The summed E-state index contributed by atoms with van der Waals surface area (Å²) in [5, 5.41) is 0. The van der Waals surface area contributed by atoms with Gasteiger partial charge in [0.2, 0.25) is 0 Å². The quantitative estimate of drug-likeness (QED) is 0.483. The largest absolute Gasteiger partial charge is 0.310 e. The van der Waals surface area contributed by atoms with Gasteiger partial charge < -0.3 is 4.90 Å². The van der Waals surface area contributed by atoms with Gasteiger partial charge in [0, 0.05) is 22.9 Å². The van der Waals surface area contributed by atoms with E-state index < -0.39 is 0 Å². The molecular weight excluding hydrogens is 326 g/mol. The topological polar surface area (TPSA) is 3.24 Å². The highest BCUT2D eigenvalue weighted by Gasteiger charge is 2.30. The van der Waals surface area contributed by atoms with Crippen LogP contribution in [-0.2, 0) is 12.8 Å². The number of aryl methyl sites for hydroxylation is 1. The predicted octanol–water partition coefficient (Wildman–Crippen LogP) is 7.17. The van der Waals surface area contributed by atoms with Crippen LogP contribution in [0.15, 0.2) is 72.3 Å². The van der Waals surface area contributed by atoms with Crippen molar-refractivity contribution in [3.05, 3.63) is 94.6 Å². The number of allylic oxidation sites excluding steroid dienone is 1. The second-order valence-corrected chi connectivity index (χ2v) is 7.84. The lowest BCUT2D eigenvalue weighted by atomic mass is 9.92. The highest BCUT2D eigenvalue weighted by atomic mass is 15.1. The van der Waals surface area contributed by atoms with Crippen LogP contribution in [0.25, 0.3) is 6.08 Å². The molecule has 2 aliphatic carbocycles. The molecule has 0 N–H and O–H groups in total. The second-order valence-electron chi connectivity index (χ2n) is 7.84. The number of fused-ring (bicyclic) bond motifs is 2. The van der Waals surface area contributed by atoms with Crippen molar-refractivity contribution in [3.8, 4) is 0 Å². The van der Waals surface area contributed by atoms with Crippen molar-refractivity contribution in [2.24, 2.45) is 0 Å². The zero-order valence-electron chi connectivity index (χ0n) is 16.1. The summed E-state index contributed by atoms with van der Waals surface area (Å²) < 4.78 is 0. The predicted molar refractivity (Wildman–Crippen MR) is 115 cm³/mol. The highest BCUT2D eigenvalue weighted by Crippen LogP contribution is 2.49. The van der Waals surface area contributed by atoms with Gasteiger partial charge in [-0.1, -0.05) is 61.0 Å². The summed E-state index contributed by atoms with van der Waals surface area (Å²) in [5.74, 6) is 0.512. The monoisotopic (exact) mass is 351 g/mol. The number of hydrogen-bond acceptors (Lipinski definition) is 1. The average Bonchev–Trinajstić information content (AvgIpc) is 3.29. The number of para-hydroxylation sites is 2. The molecule has 0 bridgehead atoms. The van der Waals surface area contributed by atoms with Gasteiger partial charge in [-0.05, 0) is 67.1 Å². The van der Waals surface area contributed by atoms with Gasteiger partial charge in [-0.2, -0.15) is 0 Å². The Morgan fingerprint density at radius 2 is 1.48 bits per heavy atom. The molecule has 27 heavy (non-hydrogen) atoms. The fourth-order valence-electron chi connectivity index (χ4n) is 4.69. The molecule has 0 heterocycles. The number of benzene rings is 3. The first-order chi connectivity index (χ1) is 13.2. The molecule has 2 aliphatic rings. The number of anilines is 3. The van der Waals surface area contributed by atoms with Gasteiger partial charge in [-0.25, -0.2) is 0 Å². The van der Waals surface area contributed by atoms with Crippen LogP contribution in [-0.4, -0.2) is 0 Å². The minimum Gasteiger partial charge on any atom is -0.310 e. The van der Waals surface area contributed by atoms with Crippen molar-refractivity contribution in [3.63, 3.8) is 0 Å². The molecule has 5 rings (SSSR count).